The van der Waals surface area contributed by atoms with Gasteiger partial charge in [0, 0.05) is 19.3 Å². The highest BCUT2D eigenvalue weighted by atomic mass is 35.5. The van der Waals surface area contributed by atoms with E-state index < -0.39 is 5.60 Å². The third kappa shape index (κ3) is 5.52. The number of pyridine rings is 1. The molecule has 6 heteroatoms. The molecule has 1 aromatic rings. The minimum atomic E-state index is -0.955. The second-order valence-electron chi connectivity index (χ2n) is 5.81. The van der Waals surface area contributed by atoms with Gasteiger partial charge in [-0.2, -0.15) is 0 Å². The molecule has 0 aliphatic rings. The van der Waals surface area contributed by atoms with Gasteiger partial charge < -0.3 is 14.7 Å². The maximum Gasteiger partial charge on any atom is 0.255 e. The van der Waals surface area contributed by atoms with Crippen LogP contribution < -0.4 is 4.74 Å². The molecule has 1 heterocycles. The number of aromatic nitrogens is 1. The fourth-order valence-electron chi connectivity index (χ4n) is 1.83. The first-order valence-electron chi connectivity index (χ1n) is 6.98. The Kier molecular flexibility index (Phi) is 5.98. The lowest BCUT2D eigenvalue weighted by atomic mass is 10.1. The first-order valence-corrected chi connectivity index (χ1v) is 7.35. The van der Waals surface area contributed by atoms with Crippen molar-refractivity contribution >= 4 is 17.5 Å². The van der Waals surface area contributed by atoms with Crippen molar-refractivity contribution in [1.82, 2.24) is 9.88 Å². The summed E-state index contributed by atoms with van der Waals surface area (Å²) in [5, 5.41) is 10.2. The Labute approximate surface area is 130 Å². The number of carbonyl (C=O) groups is 1. The lowest BCUT2D eigenvalue weighted by Gasteiger charge is -2.28. The Hall–Kier alpha value is -1.33. The number of likely N-dealkylation sites (N-methyl/N-ethyl adjacent to an activating group) is 1. The van der Waals surface area contributed by atoms with Gasteiger partial charge in [-0.1, -0.05) is 11.6 Å². The molecule has 0 aliphatic heterocycles. The normalized spacial score (nSPS) is 11.6. The van der Waals surface area contributed by atoms with E-state index in [1.165, 1.54) is 6.20 Å². The Morgan fingerprint density at radius 1 is 1.52 bits per heavy atom. The summed E-state index contributed by atoms with van der Waals surface area (Å²) in [6, 6.07) is 1.54. The lowest BCUT2D eigenvalue weighted by Crippen LogP contribution is -2.42. The zero-order chi connectivity index (χ0) is 16.2. The Bertz CT molecular complexity index is 498. The number of halogens is 1. The van der Waals surface area contributed by atoms with E-state index in [2.05, 4.69) is 4.98 Å². The maximum atomic E-state index is 12.4. The Morgan fingerprint density at radius 2 is 2.14 bits per heavy atom. The predicted molar refractivity (Wildman–Crippen MR) is 82.9 cm³/mol. The average molecular weight is 315 g/mol. The van der Waals surface area contributed by atoms with Crippen molar-refractivity contribution < 1.29 is 14.6 Å². The summed E-state index contributed by atoms with van der Waals surface area (Å²) in [5.74, 6) is 0.0962. The summed E-state index contributed by atoms with van der Waals surface area (Å²) >= 11 is 6.09. The van der Waals surface area contributed by atoms with Gasteiger partial charge in [-0.25, -0.2) is 4.98 Å². The Balaban J connectivity index is 2.94. The summed E-state index contributed by atoms with van der Waals surface area (Å²) in [6.45, 7) is 9.66. The zero-order valence-electron chi connectivity index (χ0n) is 13.2. The summed E-state index contributed by atoms with van der Waals surface area (Å²) < 4.78 is 5.44. The summed E-state index contributed by atoms with van der Waals surface area (Å²) in [5.41, 5.74) is -0.578. The first kappa shape index (κ1) is 17.7. The summed E-state index contributed by atoms with van der Waals surface area (Å²) in [6.07, 6.45) is 1.40. The van der Waals surface area contributed by atoms with Gasteiger partial charge in [-0.05, 0) is 40.7 Å². The highest BCUT2D eigenvalue weighted by molar-refractivity contribution is 6.32. The molecule has 1 amide bonds. The molecule has 1 N–H and O–H groups in total. The number of hydrogen-bond donors (Lipinski definition) is 1. The second-order valence-corrected chi connectivity index (χ2v) is 6.22. The van der Waals surface area contributed by atoms with E-state index in [-0.39, 0.29) is 18.6 Å². The fraction of sp³-hybridized carbons (Fsp3) is 0.600. The van der Waals surface area contributed by atoms with Crippen LogP contribution in [0.2, 0.25) is 5.02 Å². The lowest BCUT2D eigenvalue weighted by molar-refractivity contribution is 0.0314. The van der Waals surface area contributed by atoms with E-state index in [4.69, 9.17) is 16.3 Å². The van der Waals surface area contributed by atoms with Crippen LogP contribution in [0.4, 0.5) is 0 Å². The van der Waals surface area contributed by atoms with E-state index in [0.717, 1.165) is 0 Å². The van der Waals surface area contributed by atoms with Crippen molar-refractivity contribution in [2.75, 3.05) is 13.1 Å². The molecule has 0 aliphatic carbocycles. The third-order valence-corrected chi connectivity index (χ3v) is 2.92. The van der Waals surface area contributed by atoms with Gasteiger partial charge in [-0.15, -0.1) is 0 Å². The number of carbonyl (C=O) groups excluding carboxylic acids is 1. The molecule has 118 valence electrons. The molecule has 0 saturated heterocycles. The molecule has 0 fully saturated rings. The SMILES string of the molecule is CCN(CC(C)(C)O)C(=O)c1cnc(OC(C)C)c(Cl)c1. The van der Waals surface area contributed by atoms with Crippen molar-refractivity contribution in [2.24, 2.45) is 0 Å². The van der Waals surface area contributed by atoms with Gasteiger partial charge in [0.25, 0.3) is 5.91 Å². The van der Waals surface area contributed by atoms with E-state index >= 15 is 0 Å². The van der Waals surface area contributed by atoms with Crippen LogP contribution in [0.5, 0.6) is 5.88 Å². The monoisotopic (exact) mass is 314 g/mol. The standard InChI is InChI=1S/C15H23ClN2O3/c1-6-18(9-15(4,5)20)14(19)11-7-12(16)13(17-8-11)21-10(2)3/h7-8,10,20H,6,9H2,1-5H3. The van der Waals surface area contributed by atoms with Crippen molar-refractivity contribution in [2.45, 2.75) is 46.3 Å². The molecule has 21 heavy (non-hydrogen) atoms. The van der Waals surface area contributed by atoms with E-state index in [1.807, 2.05) is 20.8 Å². The van der Waals surface area contributed by atoms with Crippen LogP contribution in [0.3, 0.4) is 0 Å². The van der Waals surface area contributed by atoms with Crippen LogP contribution in [0, 0.1) is 0 Å². The maximum absolute atomic E-state index is 12.4. The number of aliphatic hydroxyl groups is 1. The predicted octanol–water partition coefficient (Wildman–Crippen LogP) is 2.76. The molecule has 0 saturated carbocycles. The molecule has 0 unspecified atom stereocenters. The molecular formula is C15H23ClN2O3. The fourth-order valence-corrected chi connectivity index (χ4v) is 2.04. The molecule has 0 radical (unpaired) electrons. The minimum Gasteiger partial charge on any atom is -0.474 e. The van der Waals surface area contributed by atoms with Crippen molar-refractivity contribution in [3.05, 3.63) is 22.8 Å². The molecule has 1 rings (SSSR count). The van der Waals surface area contributed by atoms with Gasteiger partial charge in [0.2, 0.25) is 5.88 Å². The molecule has 0 aromatic carbocycles. The smallest absolute Gasteiger partial charge is 0.255 e. The highest BCUT2D eigenvalue weighted by Gasteiger charge is 2.23. The van der Waals surface area contributed by atoms with Crippen LogP contribution in [-0.2, 0) is 0 Å². The molecular weight excluding hydrogens is 292 g/mol. The number of nitrogens with zero attached hydrogens (tertiary/aromatic N) is 2. The number of hydrogen-bond acceptors (Lipinski definition) is 4. The molecule has 1 aromatic heterocycles. The van der Waals surface area contributed by atoms with E-state index in [0.29, 0.717) is 23.0 Å². The average Bonchev–Trinajstić information content (AvgIpc) is 2.36. The molecule has 5 nitrogen and oxygen atoms in total. The quantitative estimate of drug-likeness (QED) is 0.877. The highest BCUT2D eigenvalue weighted by Crippen LogP contribution is 2.24. The topological polar surface area (TPSA) is 62.7 Å². The summed E-state index contributed by atoms with van der Waals surface area (Å²) in [4.78, 5) is 18.1. The van der Waals surface area contributed by atoms with Gasteiger partial charge in [0.05, 0.1) is 17.3 Å². The van der Waals surface area contributed by atoms with Gasteiger partial charge in [-0.3, -0.25) is 4.79 Å². The molecule has 0 spiro atoms. The van der Waals surface area contributed by atoms with E-state index in [1.54, 1.807) is 24.8 Å². The molecule has 0 atom stereocenters. The van der Waals surface area contributed by atoms with Crippen molar-refractivity contribution in [3.63, 3.8) is 0 Å². The largest absolute Gasteiger partial charge is 0.474 e. The van der Waals surface area contributed by atoms with Gasteiger partial charge >= 0.3 is 0 Å². The minimum absolute atomic E-state index is 0.0427. The summed E-state index contributed by atoms with van der Waals surface area (Å²) in [7, 11) is 0. The van der Waals surface area contributed by atoms with Crippen LogP contribution >= 0.6 is 11.6 Å². The van der Waals surface area contributed by atoms with Crippen molar-refractivity contribution in [1.29, 1.82) is 0 Å². The van der Waals surface area contributed by atoms with Crippen LogP contribution in [0.25, 0.3) is 0 Å². The first-order chi connectivity index (χ1) is 9.64. The van der Waals surface area contributed by atoms with Crippen molar-refractivity contribution in [3.8, 4) is 5.88 Å². The number of rotatable bonds is 6. The van der Waals surface area contributed by atoms with E-state index in [9.17, 15) is 9.90 Å². The van der Waals surface area contributed by atoms with Crippen LogP contribution in [0.1, 0.15) is 45.0 Å². The van der Waals surface area contributed by atoms with Gasteiger partial charge in [0.1, 0.15) is 5.02 Å². The second kappa shape index (κ2) is 7.09. The Morgan fingerprint density at radius 3 is 2.57 bits per heavy atom. The van der Waals surface area contributed by atoms with Gasteiger partial charge in [0.15, 0.2) is 0 Å². The van der Waals surface area contributed by atoms with Crippen LogP contribution in [0.15, 0.2) is 12.3 Å². The zero-order valence-corrected chi connectivity index (χ0v) is 13.9. The number of ether oxygens (including phenoxy) is 1. The number of amides is 1. The molecule has 0 bridgehead atoms. The third-order valence-electron chi connectivity index (χ3n) is 2.65. The van der Waals surface area contributed by atoms with Crippen LogP contribution in [-0.4, -0.2) is 45.7 Å².